The molecule has 4 rings (SSSR count). The molecule has 0 aliphatic heterocycles. The van der Waals surface area contributed by atoms with Crippen LogP contribution in [0.25, 0.3) is 22.0 Å². The lowest BCUT2D eigenvalue weighted by Crippen LogP contribution is -2.42. The van der Waals surface area contributed by atoms with Crippen LogP contribution in [-0.4, -0.2) is 42.2 Å². The molecule has 0 bridgehead atoms. The second-order valence-corrected chi connectivity index (χ2v) is 8.51. The molecule has 0 radical (unpaired) electrons. The van der Waals surface area contributed by atoms with Gasteiger partial charge < -0.3 is 20.1 Å². The van der Waals surface area contributed by atoms with Crippen molar-refractivity contribution in [2.45, 2.75) is 31.3 Å². The van der Waals surface area contributed by atoms with Crippen LogP contribution in [0.2, 0.25) is 10.0 Å². The number of nitrogens with one attached hydrogen (secondary N) is 2. The van der Waals surface area contributed by atoms with Gasteiger partial charge in [-0.25, -0.2) is 9.97 Å². The number of carbonyl (C=O) groups excluding carboxylic acids is 1. The number of ether oxygens (including phenoxy) is 2. The summed E-state index contributed by atoms with van der Waals surface area (Å²) < 4.78 is 10.8. The van der Waals surface area contributed by atoms with Gasteiger partial charge in [0, 0.05) is 35.3 Å². The Hall–Kier alpha value is -3.03. The highest BCUT2D eigenvalue weighted by Gasteiger charge is 2.28. The maximum atomic E-state index is 11.7. The van der Waals surface area contributed by atoms with E-state index in [0.717, 1.165) is 35.7 Å². The molecule has 0 spiro atoms. The van der Waals surface area contributed by atoms with Crippen molar-refractivity contribution in [1.82, 2.24) is 15.3 Å². The van der Waals surface area contributed by atoms with Crippen molar-refractivity contribution in [2.24, 2.45) is 0 Å². The number of fused-ring (bicyclic) bond motifs is 1. The van der Waals surface area contributed by atoms with E-state index in [0.29, 0.717) is 33.1 Å². The van der Waals surface area contributed by atoms with Crippen LogP contribution in [0.1, 0.15) is 19.3 Å². The quantitative estimate of drug-likeness (QED) is 0.443. The number of nitrogens with zero attached hydrogens (tertiary/aromatic N) is 2. The Morgan fingerprint density at radius 1 is 1.12 bits per heavy atom. The van der Waals surface area contributed by atoms with Crippen molar-refractivity contribution in [3.05, 3.63) is 53.2 Å². The Morgan fingerprint density at radius 2 is 1.82 bits per heavy atom. The van der Waals surface area contributed by atoms with Gasteiger partial charge in [0.1, 0.15) is 11.5 Å². The van der Waals surface area contributed by atoms with Crippen molar-refractivity contribution in [3.8, 4) is 22.6 Å². The fourth-order valence-electron chi connectivity index (χ4n) is 4.11. The molecule has 33 heavy (non-hydrogen) atoms. The van der Waals surface area contributed by atoms with Gasteiger partial charge in [0.05, 0.1) is 29.8 Å². The minimum Gasteiger partial charge on any atom is -0.495 e. The van der Waals surface area contributed by atoms with E-state index in [1.165, 1.54) is 6.08 Å². The normalized spacial score (nSPS) is 17.6. The molecule has 1 aromatic heterocycles. The molecular formula is C24H24Cl2N4O3. The van der Waals surface area contributed by atoms with E-state index in [-0.39, 0.29) is 18.0 Å². The zero-order valence-corrected chi connectivity index (χ0v) is 19.8. The second-order valence-electron chi connectivity index (χ2n) is 7.75. The van der Waals surface area contributed by atoms with Gasteiger partial charge in [0.2, 0.25) is 11.9 Å². The van der Waals surface area contributed by atoms with E-state index in [9.17, 15) is 4.79 Å². The summed E-state index contributed by atoms with van der Waals surface area (Å²) in [5.41, 5.74) is 2.18. The third kappa shape index (κ3) is 4.70. The second kappa shape index (κ2) is 9.85. The monoisotopic (exact) mass is 486 g/mol. The van der Waals surface area contributed by atoms with E-state index in [2.05, 4.69) is 27.2 Å². The van der Waals surface area contributed by atoms with Crippen LogP contribution in [0.3, 0.4) is 0 Å². The molecule has 1 heterocycles. The third-order valence-electron chi connectivity index (χ3n) is 5.79. The van der Waals surface area contributed by atoms with Gasteiger partial charge in [-0.15, -0.1) is 0 Å². The molecule has 1 aliphatic carbocycles. The molecule has 0 unspecified atom stereocenters. The number of hydrogen-bond acceptors (Lipinski definition) is 6. The van der Waals surface area contributed by atoms with E-state index >= 15 is 0 Å². The van der Waals surface area contributed by atoms with Crippen molar-refractivity contribution >= 4 is 46.0 Å². The predicted molar refractivity (Wildman–Crippen MR) is 131 cm³/mol. The smallest absolute Gasteiger partial charge is 0.243 e. The Bertz CT molecular complexity index is 1190. The lowest BCUT2D eigenvalue weighted by Gasteiger charge is -2.21. The Labute approximate surface area is 202 Å². The summed E-state index contributed by atoms with van der Waals surface area (Å²) >= 11 is 13.1. The number of amides is 1. The first kappa shape index (κ1) is 23.1. The zero-order valence-electron chi connectivity index (χ0n) is 18.3. The van der Waals surface area contributed by atoms with E-state index < -0.39 is 0 Å². The van der Waals surface area contributed by atoms with Gasteiger partial charge in [-0.3, -0.25) is 4.79 Å². The lowest BCUT2D eigenvalue weighted by atomic mass is 10.0. The fraction of sp³-hybridized carbons (Fsp3) is 0.292. The van der Waals surface area contributed by atoms with E-state index in [1.807, 2.05) is 18.2 Å². The first-order chi connectivity index (χ1) is 15.9. The highest BCUT2D eigenvalue weighted by Crippen LogP contribution is 2.46. The van der Waals surface area contributed by atoms with Crippen LogP contribution in [-0.2, 0) is 4.79 Å². The largest absolute Gasteiger partial charge is 0.495 e. The highest BCUT2D eigenvalue weighted by atomic mass is 35.5. The number of methoxy groups -OCH3 is 2. The van der Waals surface area contributed by atoms with Gasteiger partial charge in [-0.05, 0) is 43.0 Å². The van der Waals surface area contributed by atoms with Crippen LogP contribution >= 0.6 is 23.2 Å². The molecule has 1 saturated carbocycles. The van der Waals surface area contributed by atoms with Gasteiger partial charge >= 0.3 is 0 Å². The Balaban J connectivity index is 1.63. The van der Waals surface area contributed by atoms with Gasteiger partial charge in [-0.1, -0.05) is 35.8 Å². The Morgan fingerprint density at radius 3 is 2.48 bits per heavy atom. The molecule has 7 nitrogen and oxygen atoms in total. The predicted octanol–water partition coefficient (Wildman–Crippen LogP) is 5.26. The number of rotatable bonds is 7. The fourth-order valence-corrected chi connectivity index (χ4v) is 4.83. The molecule has 1 fully saturated rings. The number of hydrogen-bond donors (Lipinski definition) is 2. The van der Waals surface area contributed by atoms with Crippen LogP contribution < -0.4 is 20.1 Å². The molecule has 172 valence electrons. The summed E-state index contributed by atoms with van der Waals surface area (Å²) in [5, 5.41) is 7.96. The van der Waals surface area contributed by atoms with Gasteiger partial charge in [0.25, 0.3) is 0 Å². The maximum Gasteiger partial charge on any atom is 0.243 e. The molecule has 1 aliphatic rings. The highest BCUT2D eigenvalue weighted by molar-refractivity contribution is 6.41. The average Bonchev–Trinajstić information content (AvgIpc) is 3.25. The Kier molecular flexibility index (Phi) is 6.91. The molecule has 0 saturated heterocycles. The minimum atomic E-state index is -0.174. The van der Waals surface area contributed by atoms with E-state index in [4.69, 9.17) is 32.7 Å². The molecule has 2 atom stereocenters. The summed E-state index contributed by atoms with van der Waals surface area (Å²) in [7, 11) is 3.08. The molecule has 9 heteroatoms. The summed E-state index contributed by atoms with van der Waals surface area (Å²) in [6, 6.07) is 7.45. The molecule has 1 amide bonds. The number of anilines is 1. The van der Waals surface area contributed by atoms with Crippen molar-refractivity contribution in [3.63, 3.8) is 0 Å². The van der Waals surface area contributed by atoms with Crippen molar-refractivity contribution in [1.29, 1.82) is 0 Å². The van der Waals surface area contributed by atoms with E-state index in [1.54, 1.807) is 26.5 Å². The zero-order chi connectivity index (χ0) is 23.5. The molecule has 2 N–H and O–H groups in total. The summed E-state index contributed by atoms with van der Waals surface area (Å²) in [5.74, 6) is 1.28. The van der Waals surface area contributed by atoms with Gasteiger partial charge in [-0.2, -0.15) is 0 Å². The SMILES string of the molecule is C=CC(=O)N[C@H]1CCC[C@H]1Nc1ncc2cc(-c3c(Cl)c(OC)cc(OC)c3Cl)ccc2n1. The maximum absolute atomic E-state index is 11.7. The molecule has 3 aromatic rings. The molecular weight excluding hydrogens is 463 g/mol. The number of carbonyl (C=O) groups is 1. The van der Waals surface area contributed by atoms with Crippen LogP contribution in [0.4, 0.5) is 5.95 Å². The topological polar surface area (TPSA) is 85.4 Å². The first-order valence-corrected chi connectivity index (χ1v) is 11.3. The third-order valence-corrected chi connectivity index (χ3v) is 6.54. The average molecular weight is 487 g/mol. The number of aromatic nitrogens is 2. The number of benzene rings is 2. The summed E-state index contributed by atoms with van der Waals surface area (Å²) in [6.45, 7) is 3.52. The minimum absolute atomic E-state index is 0.0181. The van der Waals surface area contributed by atoms with Crippen LogP contribution in [0, 0.1) is 0 Å². The summed E-state index contributed by atoms with van der Waals surface area (Å²) in [4.78, 5) is 20.8. The van der Waals surface area contributed by atoms with Crippen LogP contribution in [0.15, 0.2) is 43.1 Å². The molecule has 2 aromatic carbocycles. The van der Waals surface area contributed by atoms with Crippen molar-refractivity contribution in [2.75, 3.05) is 19.5 Å². The van der Waals surface area contributed by atoms with Crippen molar-refractivity contribution < 1.29 is 14.3 Å². The standard InChI is InChI=1S/C24H24Cl2N4O3/c1-4-20(31)28-16-6-5-7-17(16)30-24-27-12-14-10-13(8-9-15(14)29-24)21-22(25)18(32-2)11-19(33-3)23(21)26/h4,8-12,16-17H,1,5-7H2,2-3H3,(H,28,31)(H,27,29,30)/t16-,17+/m0/s1. The lowest BCUT2D eigenvalue weighted by molar-refractivity contribution is -0.117. The number of halogens is 2. The first-order valence-electron chi connectivity index (χ1n) is 10.5. The summed E-state index contributed by atoms with van der Waals surface area (Å²) in [6.07, 6.45) is 5.88. The van der Waals surface area contributed by atoms with Gasteiger partial charge in [0.15, 0.2) is 0 Å². The van der Waals surface area contributed by atoms with Crippen LogP contribution in [0.5, 0.6) is 11.5 Å².